The summed E-state index contributed by atoms with van der Waals surface area (Å²) >= 11 is 0. The van der Waals surface area contributed by atoms with Crippen molar-refractivity contribution in [1.29, 1.82) is 0 Å². The number of likely N-dealkylation sites (N-methyl/N-ethyl adjacent to an activating group) is 1. The summed E-state index contributed by atoms with van der Waals surface area (Å²) in [7, 11) is -2.14. The van der Waals surface area contributed by atoms with Crippen molar-refractivity contribution in [2.75, 3.05) is 13.6 Å². The molecule has 0 N–H and O–H groups in total. The first-order valence-corrected chi connectivity index (χ1v) is 6.45. The van der Waals surface area contributed by atoms with Crippen LogP contribution in [0.3, 0.4) is 0 Å². The van der Waals surface area contributed by atoms with E-state index < -0.39 is 10.0 Å². The van der Waals surface area contributed by atoms with Crippen LogP contribution in [-0.2, 0) is 21.2 Å². The minimum absolute atomic E-state index is 0.127. The van der Waals surface area contributed by atoms with E-state index >= 15 is 0 Å². The maximum absolute atomic E-state index is 11.9. The van der Waals surface area contributed by atoms with E-state index in [0.717, 1.165) is 16.3 Å². The van der Waals surface area contributed by atoms with E-state index in [0.29, 0.717) is 6.29 Å². The Hall–Kier alpha value is -1.20. The number of benzene rings is 1. The monoisotopic (exact) mass is 241 g/mol. The number of rotatable bonds is 5. The fourth-order valence-corrected chi connectivity index (χ4v) is 2.38. The minimum Gasteiger partial charge on any atom is -0.302 e. The Morgan fingerprint density at radius 1 is 1.25 bits per heavy atom. The summed E-state index contributed by atoms with van der Waals surface area (Å²) in [5.41, 5.74) is 1.08. The van der Waals surface area contributed by atoms with E-state index in [1.165, 1.54) is 7.05 Å². The predicted octanol–water partition coefficient (Wildman–Crippen LogP) is 1.07. The van der Waals surface area contributed by atoms with Crippen LogP contribution in [0.2, 0.25) is 0 Å². The van der Waals surface area contributed by atoms with Gasteiger partial charge in [0.2, 0.25) is 10.0 Å². The zero-order valence-electron chi connectivity index (χ0n) is 9.38. The second-order valence-corrected chi connectivity index (χ2v) is 5.49. The molecular formula is C11H15NO3S. The number of sulfonamides is 1. The first-order valence-electron chi connectivity index (χ1n) is 5.01. The number of carbonyl (C=O) groups is 1. The SMILES string of the molecule is CCc1ccc(S(=O)(=O)N(C)CC=O)cc1. The summed E-state index contributed by atoms with van der Waals surface area (Å²) in [5.74, 6) is 0. The molecule has 16 heavy (non-hydrogen) atoms. The van der Waals surface area contributed by atoms with Gasteiger partial charge in [-0.3, -0.25) is 0 Å². The number of hydrogen-bond acceptors (Lipinski definition) is 3. The summed E-state index contributed by atoms with van der Waals surface area (Å²) in [6, 6.07) is 6.69. The van der Waals surface area contributed by atoms with Gasteiger partial charge in [-0.15, -0.1) is 0 Å². The van der Waals surface area contributed by atoms with Crippen molar-refractivity contribution >= 4 is 16.3 Å². The third kappa shape index (κ3) is 2.68. The van der Waals surface area contributed by atoms with E-state index in [4.69, 9.17) is 0 Å². The highest BCUT2D eigenvalue weighted by atomic mass is 32.2. The molecule has 0 bridgehead atoms. The molecule has 1 rings (SSSR count). The van der Waals surface area contributed by atoms with Crippen molar-refractivity contribution in [3.05, 3.63) is 29.8 Å². The maximum atomic E-state index is 11.9. The highest BCUT2D eigenvalue weighted by Gasteiger charge is 2.19. The predicted molar refractivity (Wildman–Crippen MR) is 61.7 cm³/mol. The first kappa shape index (κ1) is 12.9. The lowest BCUT2D eigenvalue weighted by atomic mass is 10.2. The summed E-state index contributed by atoms with van der Waals surface area (Å²) in [6.07, 6.45) is 1.43. The standard InChI is InChI=1S/C11H15NO3S/c1-3-10-4-6-11(7-5-10)16(14,15)12(2)8-9-13/h4-7,9H,3,8H2,1-2H3. The van der Waals surface area contributed by atoms with Gasteiger partial charge in [0.1, 0.15) is 6.29 Å². The van der Waals surface area contributed by atoms with Crippen LogP contribution in [0.15, 0.2) is 29.2 Å². The quantitative estimate of drug-likeness (QED) is 0.724. The number of aryl methyl sites for hydroxylation is 1. The topological polar surface area (TPSA) is 54.5 Å². The van der Waals surface area contributed by atoms with Crippen LogP contribution < -0.4 is 0 Å². The van der Waals surface area contributed by atoms with Gasteiger partial charge in [0.15, 0.2) is 0 Å². The molecule has 0 unspecified atom stereocenters. The normalized spacial score (nSPS) is 11.7. The fraction of sp³-hybridized carbons (Fsp3) is 0.364. The second-order valence-electron chi connectivity index (χ2n) is 3.45. The van der Waals surface area contributed by atoms with Gasteiger partial charge in [0.05, 0.1) is 11.4 Å². The van der Waals surface area contributed by atoms with Gasteiger partial charge in [-0.2, -0.15) is 4.31 Å². The molecule has 88 valence electrons. The van der Waals surface area contributed by atoms with Crippen molar-refractivity contribution < 1.29 is 13.2 Å². The third-order valence-corrected chi connectivity index (χ3v) is 4.21. The molecule has 0 atom stereocenters. The molecule has 0 fully saturated rings. The van der Waals surface area contributed by atoms with Gasteiger partial charge in [0.25, 0.3) is 0 Å². The van der Waals surface area contributed by atoms with Gasteiger partial charge in [-0.05, 0) is 24.1 Å². The molecule has 0 saturated carbocycles. The van der Waals surface area contributed by atoms with Gasteiger partial charge in [0, 0.05) is 7.05 Å². The van der Waals surface area contributed by atoms with E-state index in [2.05, 4.69) is 0 Å². The molecule has 5 heteroatoms. The molecule has 1 aromatic carbocycles. The lowest BCUT2D eigenvalue weighted by Gasteiger charge is -2.14. The van der Waals surface area contributed by atoms with Crippen molar-refractivity contribution in [3.63, 3.8) is 0 Å². The Balaban J connectivity index is 3.02. The van der Waals surface area contributed by atoms with Crippen LogP contribution in [0.25, 0.3) is 0 Å². The molecule has 0 aromatic heterocycles. The van der Waals surface area contributed by atoms with Crippen LogP contribution in [0.5, 0.6) is 0 Å². The average molecular weight is 241 g/mol. The highest BCUT2D eigenvalue weighted by Crippen LogP contribution is 2.14. The fourth-order valence-electron chi connectivity index (χ4n) is 1.28. The van der Waals surface area contributed by atoms with Gasteiger partial charge in [-0.25, -0.2) is 8.42 Å². The Labute approximate surface area is 95.9 Å². The molecular weight excluding hydrogens is 226 g/mol. The molecule has 1 aromatic rings. The zero-order chi connectivity index (χ0) is 12.2. The van der Waals surface area contributed by atoms with Crippen LogP contribution in [-0.4, -0.2) is 32.6 Å². The lowest BCUT2D eigenvalue weighted by molar-refractivity contribution is -0.107. The first-order chi connectivity index (χ1) is 7.52. The third-order valence-electron chi connectivity index (χ3n) is 2.37. The summed E-state index contributed by atoms with van der Waals surface area (Å²) in [4.78, 5) is 10.5. The van der Waals surface area contributed by atoms with Crippen molar-refractivity contribution in [2.45, 2.75) is 18.2 Å². The Morgan fingerprint density at radius 3 is 2.25 bits per heavy atom. The molecule has 0 aliphatic heterocycles. The zero-order valence-corrected chi connectivity index (χ0v) is 10.2. The minimum atomic E-state index is -3.52. The van der Waals surface area contributed by atoms with E-state index in [1.54, 1.807) is 24.3 Å². The average Bonchev–Trinajstić information content (AvgIpc) is 2.29. The smallest absolute Gasteiger partial charge is 0.243 e. The van der Waals surface area contributed by atoms with Crippen molar-refractivity contribution in [3.8, 4) is 0 Å². The molecule has 0 spiro atoms. The molecule has 0 heterocycles. The Morgan fingerprint density at radius 2 is 1.81 bits per heavy atom. The van der Waals surface area contributed by atoms with Gasteiger partial charge < -0.3 is 4.79 Å². The molecule has 0 amide bonds. The number of aldehydes is 1. The Bertz CT molecular complexity index is 451. The van der Waals surface area contributed by atoms with Gasteiger partial charge >= 0.3 is 0 Å². The summed E-state index contributed by atoms with van der Waals surface area (Å²) in [5, 5.41) is 0. The van der Waals surface area contributed by atoms with Crippen LogP contribution >= 0.6 is 0 Å². The van der Waals surface area contributed by atoms with Crippen LogP contribution in [0.4, 0.5) is 0 Å². The second kappa shape index (κ2) is 5.23. The maximum Gasteiger partial charge on any atom is 0.243 e. The number of hydrogen-bond donors (Lipinski definition) is 0. The number of carbonyl (C=O) groups excluding carboxylic acids is 1. The highest BCUT2D eigenvalue weighted by molar-refractivity contribution is 7.89. The number of nitrogens with zero attached hydrogens (tertiary/aromatic N) is 1. The van der Waals surface area contributed by atoms with E-state index in [-0.39, 0.29) is 11.4 Å². The Kier molecular flexibility index (Phi) is 4.20. The van der Waals surface area contributed by atoms with Gasteiger partial charge in [-0.1, -0.05) is 19.1 Å². The molecule has 0 radical (unpaired) electrons. The van der Waals surface area contributed by atoms with Crippen molar-refractivity contribution in [2.24, 2.45) is 0 Å². The summed E-state index contributed by atoms with van der Waals surface area (Å²) in [6.45, 7) is 1.87. The summed E-state index contributed by atoms with van der Waals surface area (Å²) < 4.78 is 24.8. The van der Waals surface area contributed by atoms with Crippen LogP contribution in [0.1, 0.15) is 12.5 Å². The van der Waals surface area contributed by atoms with Crippen LogP contribution in [0, 0.1) is 0 Å². The molecule has 0 aliphatic rings. The lowest BCUT2D eigenvalue weighted by Crippen LogP contribution is -2.28. The van der Waals surface area contributed by atoms with E-state index in [9.17, 15) is 13.2 Å². The molecule has 0 saturated heterocycles. The van der Waals surface area contributed by atoms with Crippen molar-refractivity contribution in [1.82, 2.24) is 4.31 Å². The van der Waals surface area contributed by atoms with E-state index in [1.807, 2.05) is 6.92 Å². The molecule has 0 aliphatic carbocycles. The largest absolute Gasteiger partial charge is 0.302 e. The molecule has 4 nitrogen and oxygen atoms in total.